The van der Waals surface area contributed by atoms with E-state index in [4.69, 9.17) is 11.4 Å². The van der Waals surface area contributed by atoms with Gasteiger partial charge in [0, 0.05) is 0 Å². The van der Waals surface area contributed by atoms with E-state index in [2.05, 4.69) is 36.0 Å². The molecule has 78 valence electrons. The molecule has 0 saturated carbocycles. The van der Waals surface area contributed by atoms with Crippen molar-refractivity contribution >= 4 is 5.71 Å². The fourth-order valence-electron chi connectivity index (χ4n) is 1.17. The van der Waals surface area contributed by atoms with Gasteiger partial charge in [0.05, 0.1) is 5.71 Å². The van der Waals surface area contributed by atoms with Crippen LogP contribution in [0.15, 0.2) is 23.4 Å². The van der Waals surface area contributed by atoms with Crippen molar-refractivity contribution in [3.05, 3.63) is 46.3 Å². The molecule has 1 rings (SSSR count). The SMILES string of the molecule is [C-]#[N+]CON=C(C)c1ccc(C)c(C)c1. The van der Waals surface area contributed by atoms with Gasteiger partial charge in [-0.25, -0.2) is 6.57 Å². The summed E-state index contributed by atoms with van der Waals surface area (Å²) < 4.78 is 0. The van der Waals surface area contributed by atoms with Gasteiger partial charge in [0.2, 0.25) is 0 Å². The van der Waals surface area contributed by atoms with Gasteiger partial charge in [-0.2, -0.15) is 0 Å². The average molecular weight is 202 g/mol. The molecule has 15 heavy (non-hydrogen) atoms. The minimum Gasteiger partial charge on any atom is -0.317 e. The fraction of sp³-hybridized carbons (Fsp3) is 0.333. The molecule has 0 aromatic heterocycles. The van der Waals surface area contributed by atoms with Gasteiger partial charge in [0.15, 0.2) is 0 Å². The van der Waals surface area contributed by atoms with E-state index in [-0.39, 0.29) is 6.73 Å². The van der Waals surface area contributed by atoms with Crippen molar-refractivity contribution in [3.8, 4) is 0 Å². The average Bonchev–Trinajstić information content (AvgIpc) is 2.22. The highest BCUT2D eigenvalue weighted by Crippen LogP contribution is 2.10. The summed E-state index contributed by atoms with van der Waals surface area (Å²) in [6.07, 6.45) is 0. The van der Waals surface area contributed by atoms with Crippen molar-refractivity contribution in [3.63, 3.8) is 0 Å². The third kappa shape index (κ3) is 3.10. The van der Waals surface area contributed by atoms with E-state index < -0.39 is 0 Å². The molecular formula is C12H14N2O. The number of rotatable bonds is 3. The predicted molar refractivity (Wildman–Crippen MR) is 60.7 cm³/mol. The molecule has 0 spiro atoms. The lowest BCUT2D eigenvalue weighted by molar-refractivity contribution is 0.173. The second kappa shape index (κ2) is 5.16. The number of oxime groups is 1. The van der Waals surface area contributed by atoms with Crippen LogP contribution in [0, 0.1) is 20.4 Å². The first-order chi connectivity index (χ1) is 7.15. The smallest absolute Gasteiger partial charge is 0.317 e. The summed E-state index contributed by atoms with van der Waals surface area (Å²) in [6, 6.07) is 6.12. The molecule has 0 aliphatic heterocycles. The zero-order valence-corrected chi connectivity index (χ0v) is 9.24. The molecule has 3 heteroatoms. The molecule has 1 aromatic rings. The van der Waals surface area contributed by atoms with Gasteiger partial charge >= 0.3 is 6.73 Å². The molecule has 0 aliphatic carbocycles. The van der Waals surface area contributed by atoms with Gasteiger partial charge in [-0.3, -0.25) is 4.85 Å². The molecule has 0 N–H and O–H groups in total. The van der Waals surface area contributed by atoms with Crippen LogP contribution in [0.1, 0.15) is 23.6 Å². The monoisotopic (exact) mass is 202 g/mol. The molecule has 0 amide bonds. The van der Waals surface area contributed by atoms with Gasteiger partial charge in [-0.05, 0) is 43.5 Å². The van der Waals surface area contributed by atoms with Crippen LogP contribution < -0.4 is 0 Å². The van der Waals surface area contributed by atoms with Crippen molar-refractivity contribution in [1.82, 2.24) is 0 Å². The Morgan fingerprint density at radius 2 is 2.13 bits per heavy atom. The number of aryl methyl sites for hydroxylation is 2. The Labute approximate surface area is 90.2 Å². The molecule has 0 aliphatic rings. The maximum atomic E-state index is 6.54. The first-order valence-electron chi connectivity index (χ1n) is 4.72. The van der Waals surface area contributed by atoms with Crippen LogP contribution in [0.2, 0.25) is 0 Å². The highest BCUT2D eigenvalue weighted by molar-refractivity contribution is 5.98. The predicted octanol–water partition coefficient (Wildman–Crippen LogP) is 2.92. The van der Waals surface area contributed by atoms with Crippen molar-refractivity contribution in [1.29, 1.82) is 0 Å². The molecule has 0 fully saturated rings. The Morgan fingerprint density at radius 3 is 2.73 bits per heavy atom. The second-order valence-electron chi connectivity index (χ2n) is 3.39. The van der Waals surface area contributed by atoms with Gasteiger partial charge < -0.3 is 4.84 Å². The van der Waals surface area contributed by atoms with E-state index >= 15 is 0 Å². The molecule has 0 heterocycles. The van der Waals surface area contributed by atoms with Crippen LogP contribution in [-0.4, -0.2) is 12.4 Å². The molecular weight excluding hydrogens is 188 g/mol. The van der Waals surface area contributed by atoms with Crippen molar-refractivity contribution < 1.29 is 4.84 Å². The Balaban J connectivity index is 2.83. The zero-order valence-electron chi connectivity index (χ0n) is 9.24. The Kier molecular flexibility index (Phi) is 3.87. The highest BCUT2D eigenvalue weighted by atomic mass is 16.6. The number of hydrogen-bond acceptors (Lipinski definition) is 2. The van der Waals surface area contributed by atoms with E-state index in [0.29, 0.717) is 0 Å². The number of hydrogen-bond donors (Lipinski definition) is 0. The van der Waals surface area contributed by atoms with Crippen LogP contribution in [0.4, 0.5) is 0 Å². The minimum absolute atomic E-state index is 0.0256. The fourth-order valence-corrected chi connectivity index (χ4v) is 1.17. The topological polar surface area (TPSA) is 25.9 Å². The molecule has 1 aromatic carbocycles. The maximum Gasteiger partial charge on any atom is 0.378 e. The van der Waals surface area contributed by atoms with Crippen molar-refractivity contribution in [2.45, 2.75) is 20.8 Å². The van der Waals surface area contributed by atoms with Gasteiger partial charge in [-0.15, -0.1) is 0 Å². The van der Waals surface area contributed by atoms with Crippen LogP contribution in [0.25, 0.3) is 4.85 Å². The summed E-state index contributed by atoms with van der Waals surface area (Å²) in [5.74, 6) is 0. The maximum absolute atomic E-state index is 6.54. The van der Waals surface area contributed by atoms with Crippen molar-refractivity contribution in [2.24, 2.45) is 5.16 Å². The molecule has 0 bridgehead atoms. The third-order valence-electron chi connectivity index (χ3n) is 2.25. The minimum atomic E-state index is -0.0256. The largest absolute Gasteiger partial charge is 0.378 e. The molecule has 0 saturated heterocycles. The summed E-state index contributed by atoms with van der Waals surface area (Å²) in [4.78, 5) is 7.86. The lowest BCUT2D eigenvalue weighted by atomic mass is 10.0. The van der Waals surface area contributed by atoms with Gasteiger partial charge in [-0.1, -0.05) is 17.3 Å². The molecule has 0 unspecified atom stereocenters. The van der Waals surface area contributed by atoms with Crippen LogP contribution >= 0.6 is 0 Å². The van der Waals surface area contributed by atoms with Crippen LogP contribution in [-0.2, 0) is 4.84 Å². The Hall–Kier alpha value is -1.82. The normalized spacial score (nSPS) is 10.9. The van der Waals surface area contributed by atoms with Crippen molar-refractivity contribution in [2.75, 3.05) is 6.73 Å². The summed E-state index contributed by atoms with van der Waals surface area (Å²) in [5.41, 5.74) is 4.31. The summed E-state index contributed by atoms with van der Waals surface area (Å²) in [7, 11) is 0. The third-order valence-corrected chi connectivity index (χ3v) is 2.25. The first kappa shape index (κ1) is 11.3. The second-order valence-corrected chi connectivity index (χ2v) is 3.39. The zero-order chi connectivity index (χ0) is 11.3. The van der Waals surface area contributed by atoms with Gasteiger partial charge in [0.25, 0.3) is 0 Å². The van der Waals surface area contributed by atoms with Crippen LogP contribution in [0.3, 0.4) is 0 Å². The summed E-state index contributed by atoms with van der Waals surface area (Å²) >= 11 is 0. The Bertz CT molecular complexity index is 416. The first-order valence-corrected chi connectivity index (χ1v) is 4.72. The molecule has 0 radical (unpaired) electrons. The molecule has 3 nitrogen and oxygen atoms in total. The molecule has 0 atom stereocenters. The van der Waals surface area contributed by atoms with E-state index in [9.17, 15) is 0 Å². The van der Waals surface area contributed by atoms with Crippen LogP contribution in [0.5, 0.6) is 0 Å². The number of nitrogens with zero attached hydrogens (tertiary/aromatic N) is 2. The van der Waals surface area contributed by atoms with E-state index in [1.165, 1.54) is 11.1 Å². The lowest BCUT2D eigenvalue weighted by Gasteiger charge is -2.03. The highest BCUT2D eigenvalue weighted by Gasteiger charge is 2.00. The summed E-state index contributed by atoms with van der Waals surface area (Å²) in [6.45, 7) is 12.5. The summed E-state index contributed by atoms with van der Waals surface area (Å²) in [5, 5.41) is 3.86. The standard InChI is InChI=1S/C12H14N2O/c1-9-5-6-12(7-10(9)2)11(3)14-15-8-13-4/h5-7H,8H2,1-3H3. The number of benzene rings is 1. The van der Waals surface area contributed by atoms with E-state index in [0.717, 1.165) is 11.3 Å². The lowest BCUT2D eigenvalue weighted by Crippen LogP contribution is -1.97. The van der Waals surface area contributed by atoms with E-state index in [1.54, 1.807) is 0 Å². The van der Waals surface area contributed by atoms with E-state index in [1.807, 2.05) is 13.0 Å². The Morgan fingerprint density at radius 1 is 1.40 bits per heavy atom. The van der Waals surface area contributed by atoms with Gasteiger partial charge in [0.1, 0.15) is 0 Å². The quantitative estimate of drug-likeness (QED) is 0.320.